The summed E-state index contributed by atoms with van der Waals surface area (Å²) in [6.45, 7) is 16.8. The second kappa shape index (κ2) is 24.7. The van der Waals surface area contributed by atoms with Crippen molar-refractivity contribution in [1.29, 1.82) is 0 Å². The van der Waals surface area contributed by atoms with Crippen LogP contribution in [0.15, 0.2) is 0 Å². The summed E-state index contributed by atoms with van der Waals surface area (Å²) in [5, 5.41) is 24.5. The largest absolute Gasteiger partial charge is 0.314 e. The van der Waals surface area contributed by atoms with Crippen molar-refractivity contribution in [2.45, 2.75) is 269 Å². The van der Waals surface area contributed by atoms with E-state index < -0.39 is 0 Å². The molecule has 1 saturated heterocycles. The van der Waals surface area contributed by atoms with Crippen molar-refractivity contribution in [3.8, 4) is 0 Å². The lowest BCUT2D eigenvalue weighted by Gasteiger charge is -2.52. The Morgan fingerprint density at radius 2 is 0.836 bits per heavy atom. The van der Waals surface area contributed by atoms with Gasteiger partial charge in [-0.25, -0.2) is 0 Å². The number of hydrogen-bond donors (Lipinski definition) is 6. The molecule has 5 rings (SSSR count). The Labute approximate surface area is 341 Å². The molecule has 5 aliphatic rings. The van der Waals surface area contributed by atoms with Crippen LogP contribution in [0.25, 0.3) is 0 Å². The zero-order chi connectivity index (χ0) is 38.8. The fraction of sp³-hybridized carbons (Fsp3) is 1.00. The van der Waals surface area contributed by atoms with E-state index in [9.17, 15) is 0 Å². The Balaban J connectivity index is 1.22. The summed E-state index contributed by atoms with van der Waals surface area (Å²) >= 11 is 0. The van der Waals surface area contributed by atoms with Crippen LogP contribution in [0, 0.1) is 5.41 Å². The maximum atomic E-state index is 4.28. The predicted molar refractivity (Wildman–Crippen MR) is 236 cm³/mol. The number of nitrogens with one attached hydrogen (secondary N) is 6. The fourth-order valence-electron chi connectivity index (χ4n) is 11.5. The summed E-state index contributed by atoms with van der Waals surface area (Å²) in [5.41, 5.74) is 0.278. The second-order valence-corrected chi connectivity index (χ2v) is 21.0. The van der Waals surface area contributed by atoms with Crippen molar-refractivity contribution in [1.82, 2.24) is 41.7 Å². The molecule has 2 unspecified atom stereocenters. The molecule has 1 aliphatic heterocycles. The number of hydrogen-bond acceptors (Lipinski definition) is 8. The average Bonchev–Trinajstić information content (AvgIpc) is 3.17. The first kappa shape index (κ1) is 45.8. The monoisotopic (exact) mass is 771 g/mol. The minimum atomic E-state index is 0.0119. The first-order valence-corrected chi connectivity index (χ1v) is 24.7. The lowest BCUT2D eigenvalue weighted by molar-refractivity contribution is -0.0518. The van der Waals surface area contributed by atoms with Gasteiger partial charge in [-0.3, -0.25) is 31.1 Å². The van der Waals surface area contributed by atoms with Gasteiger partial charge in [0.15, 0.2) is 0 Å². The van der Waals surface area contributed by atoms with Crippen molar-refractivity contribution in [3.05, 3.63) is 0 Å². The van der Waals surface area contributed by atoms with E-state index in [1.165, 1.54) is 206 Å². The molecule has 5 fully saturated rings. The first-order chi connectivity index (χ1) is 26.7. The van der Waals surface area contributed by atoms with Crippen LogP contribution in [0.4, 0.5) is 0 Å². The van der Waals surface area contributed by atoms with Crippen LogP contribution < -0.4 is 31.9 Å². The predicted octanol–water partition coefficient (Wildman–Crippen LogP) is 9.66. The van der Waals surface area contributed by atoms with Gasteiger partial charge in [0.05, 0.1) is 0 Å². The van der Waals surface area contributed by atoms with Crippen molar-refractivity contribution in [2.75, 3.05) is 26.2 Å². The van der Waals surface area contributed by atoms with Gasteiger partial charge in [-0.05, 0) is 116 Å². The minimum absolute atomic E-state index is 0.0119. The Kier molecular flexibility index (Phi) is 20.5. The zero-order valence-corrected chi connectivity index (χ0v) is 37.3. The van der Waals surface area contributed by atoms with Gasteiger partial charge < -0.3 is 10.6 Å². The highest BCUT2D eigenvalue weighted by molar-refractivity contribution is 4.93. The van der Waals surface area contributed by atoms with Crippen LogP contribution in [0.3, 0.4) is 0 Å². The summed E-state index contributed by atoms with van der Waals surface area (Å²) in [7, 11) is 0. The maximum absolute atomic E-state index is 4.28. The lowest BCUT2D eigenvalue weighted by atomic mass is 9.82. The molecule has 0 radical (unpaired) electrons. The molecule has 322 valence electrons. The van der Waals surface area contributed by atoms with Gasteiger partial charge in [-0.1, -0.05) is 124 Å². The van der Waals surface area contributed by atoms with Gasteiger partial charge in [-0.2, -0.15) is 0 Å². The van der Waals surface area contributed by atoms with Gasteiger partial charge >= 0.3 is 0 Å². The molecule has 1 heterocycles. The van der Waals surface area contributed by atoms with E-state index in [4.69, 9.17) is 0 Å². The van der Waals surface area contributed by atoms with Gasteiger partial charge in [0.25, 0.3) is 0 Å². The van der Waals surface area contributed by atoms with Gasteiger partial charge in [0, 0.05) is 42.8 Å². The molecule has 8 heteroatoms. The van der Waals surface area contributed by atoms with Crippen molar-refractivity contribution in [3.63, 3.8) is 0 Å². The molecule has 0 amide bonds. The van der Waals surface area contributed by atoms with Crippen LogP contribution in [0.2, 0.25) is 0 Å². The molecule has 6 N–H and O–H groups in total. The molecular formula is C47H94N8. The zero-order valence-electron chi connectivity index (χ0n) is 37.3. The van der Waals surface area contributed by atoms with E-state index in [-0.39, 0.29) is 29.8 Å². The Morgan fingerprint density at radius 3 is 1.24 bits per heavy atom. The van der Waals surface area contributed by atoms with E-state index >= 15 is 0 Å². The second-order valence-electron chi connectivity index (χ2n) is 21.0. The van der Waals surface area contributed by atoms with Gasteiger partial charge in [0.1, 0.15) is 18.9 Å². The van der Waals surface area contributed by atoms with E-state index in [1.54, 1.807) is 0 Å². The molecule has 0 aromatic heterocycles. The average molecular weight is 771 g/mol. The molecule has 0 aromatic rings. The van der Waals surface area contributed by atoms with Crippen LogP contribution in [-0.4, -0.2) is 84.6 Å². The van der Waals surface area contributed by atoms with Crippen molar-refractivity contribution in [2.24, 2.45) is 5.41 Å². The normalized spacial score (nSPS) is 26.3. The Morgan fingerprint density at radius 1 is 0.455 bits per heavy atom. The first-order valence-electron chi connectivity index (χ1n) is 24.7. The lowest BCUT2D eigenvalue weighted by Crippen LogP contribution is -2.80. The molecular weight excluding hydrogens is 677 g/mol. The molecule has 8 nitrogen and oxygen atoms in total. The molecule has 0 bridgehead atoms. The number of rotatable bonds is 23. The van der Waals surface area contributed by atoms with Crippen LogP contribution >= 0.6 is 0 Å². The molecule has 0 aromatic carbocycles. The van der Waals surface area contributed by atoms with Crippen LogP contribution in [0.1, 0.15) is 221 Å². The third-order valence-electron chi connectivity index (χ3n) is 14.0. The maximum Gasteiger partial charge on any atom is 0.119 e. The molecule has 55 heavy (non-hydrogen) atoms. The standard InChI is InChI=1S/C47H94N8/c1-46(2,3)38-47(4,5)53-43-50-44(54(41-30-18-12-19-31-41)36-24-8-6-22-34-48-39-26-14-10-15-27-39)52-45(51-43)55(42-32-20-13-21-33-42)37-25-9-7-23-35-49-40-28-16-11-17-29-40/h39-45,48-53H,6-38H2,1-5H3. The fourth-order valence-corrected chi connectivity index (χ4v) is 11.5. The van der Waals surface area contributed by atoms with E-state index in [0.717, 1.165) is 18.5 Å². The van der Waals surface area contributed by atoms with Gasteiger partial charge in [-0.15, -0.1) is 0 Å². The molecule has 2 atom stereocenters. The summed E-state index contributed by atoms with van der Waals surface area (Å²) in [6.07, 6.45) is 40.1. The SMILES string of the molecule is CC(C)(C)CC(C)(C)NC1NC(N(CCCCCCNC2CCCCC2)C2CCCCC2)NC(N(CCCCCCNC2CCCCC2)C2CCCCC2)N1. The number of nitrogens with zero attached hydrogens (tertiary/aromatic N) is 2. The quantitative estimate of drug-likeness (QED) is 0.0574. The minimum Gasteiger partial charge on any atom is -0.314 e. The third-order valence-corrected chi connectivity index (χ3v) is 14.0. The van der Waals surface area contributed by atoms with Crippen LogP contribution in [-0.2, 0) is 0 Å². The summed E-state index contributed by atoms with van der Waals surface area (Å²) in [5.74, 6) is 0. The highest BCUT2D eigenvalue weighted by Gasteiger charge is 2.40. The molecule has 4 saturated carbocycles. The third kappa shape index (κ3) is 17.4. The van der Waals surface area contributed by atoms with Crippen molar-refractivity contribution < 1.29 is 0 Å². The summed E-state index contributed by atoms with van der Waals surface area (Å²) in [4.78, 5) is 5.80. The van der Waals surface area contributed by atoms with Gasteiger partial charge in [0.2, 0.25) is 0 Å². The van der Waals surface area contributed by atoms with E-state index in [1.807, 2.05) is 0 Å². The highest BCUT2D eigenvalue weighted by Crippen LogP contribution is 2.30. The van der Waals surface area contributed by atoms with E-state index in [2.05, 4.69) is 76.3 Å². The topological polar surface area (TPSA) is 78.7 Å². The van der Waals surface area contributed by atoms with Crippen molar-refractivity contribution >= 4 is 0 Å². The van der Waals surface area contributed by atoms with Crippen LogP contribution in [0.5, 0.6) is 0 Å². The summed E-state index contributed by atoms with van der Waals surface area (Å²) in [6, 6.07) is 2.91. The Hall–Kier alpha value is -0.320. The molecule has 0 spiro atoms. The van der Waals surface area contributed by atoms with E-state index in [0.29, 0.717) is 12.1 Å². The summed E-state index contributed by atoms with van der Waals surface area (Å²) < 4.78 is 0. The number of unbranched alkanes of at least 4 members (excludes halogenated alkanes) is 6. The highest BCUT2D eigenvalue weighted by atomic mass is 15.6. The molecule has 4 aliphatic carbocycles. The Bertz CT molecular complexity index is 914. The smallest absolute Gasteiger partial charge is 0.119 e.